The van der Waals surface area contributed by atoms with Crippen molar-refractivity contribution in [2.24, 2.45) is 0 Å². The van der Waals surface area contributed by atoms with Gasteiger partial charge < -0.3 is 10.4 Å². The summed E-state index contributed by atoms with van der Waals surface area (Å²) in [6, 6.07) is 10.2. The van der Waals surface area contributed by atoms with Crippen LogP contribution in [0.4, 0.5) is 5.82 Å². The summed E-state index contributed by atoms with van der Waals surface area (Å²) in [5, 5.41) is 11.9. The highest BCUT2D eigenvalue weighted by molar-refractivity contribution is 6.31. The zero-order valence-corrected chi connectivity index (χ0v) is 12.1. The van der Waals surface area contributed by atoms with E-state index in [0.717, 1.165) is 5.56 Å². The van der Waals surface area contributed by atoms with Gasteiger partial charge in [0.2, 0.25) is 0 Å². The van der Waals surface area contributed by atoms with Crippen LogP contribution in [0.3, 0.4) is 0 Å². The van der Waals surface area contributed by atoms with Crippen LogP contribution < -0.4 is 5.32 Å². The number of aryl methyl sites for hydroxylation is 1. The van der Waals surface area contributed by atoms with Gasteiger partial charge in [0.25, 0.3) is 5.91 Å². The van der Waals surface area contributed by atoms with Crippen molar-refractivity contribution < 1.29 is 9.90 Å². The van der Waals surface area contributed by atoms with Gasteiger partial charge in [0.1, 0.15) is 18.1 Å². The number of anilines is 1. The number of aliphatic hydroxyl groups excluding tert-OH is 1. The molecule has 2 aromatic rings. The van der Waals surface area contributed by atoms with E-state index in [1.807, 2.05) is 6.92 Å². The first-order chi connectivity index (χ1) is 10.1. The Labute approximate surface area is 127 Å². The van der Waals surface area contributed by atoms with Crippen molar-refractivity contribution in [2.45, 2.75) is 6.92 Å². The van der Waals surface area contributed by atoms with Gasteiger partial charge in [-0.15, -0.1) is 0 Å². The number of amides is 1. The maximum atomic E-state index is 12.2. The first-order valence-electron chi connectivity index (χ1n) is 6.24. The van der Waals surface area contributed by atoms with Gasteiger partial charge in [-0.05, 0) is 42.7 Å². The van der Waals surface area contributed by atoms with E-state index < -0.39 is 0 Å². The molecule has 5 heteroatoms. The summed E-state index contributed by atoms with van der Waals surface area (Å²) in [7, 11) is 0. The van der Waals surface area contributed by atoms with Gasteiger partial charge in [-0.25, -0.2) is 4.98 Å². The Kier molecular flexibility index (Phi) is 4.94. The van der Waals surface area contributed by atoms with Crippen molar-refractivity contribution in [3.8, 4) is 11.8 Å². The Balaban J connectivity index is 2.21. The Bertz CT molecular complexity index is 733. The fourth-order valence-corrected chi connectivity index (χ4v) is 1.90. The molecular weight excluding hydrogens is 288 g/mol. The average molecular weight is 301 g/mol. The molecule has 0 saturated carbocycles. The van der Waals surface area contributed by atoms with Crippen LogP contribution in [0.15, 0.2) is 36.4 Å². The Morgan fingerprint density at radius 2 is 2.19 bits per heavy atom. The van der Waals surface area contributed by atoms with Gasteiger partial charge in [0.15, 0.2) is 0 Å². The monoisotopic (exact) mass is 300 g/mol. The number of hydrogen-bond acceptors (Lipinski definition) is 3. The third-order valence-corrected chi connectivity index (χ3v) is 2.97. The van der Waals surface area contributed by atoms with Crippen LogP contribution in [0.5, 0.6) is 0 Å². The van der Waals surface area contributed by atoms with E-state index in [1.54, 1.807) is 36.4 Å². The van der Waals surface area contributed by atoms with Crippen LogP contribution in [-0.4, -0.2) is 22.6 Å². The fourth-order valence-electron chi connectivity index (χ4n) is 1.73. The number of aromatic nitrogens is 1. The lowest BCUT2D eigenvalue weighted by Gasteiger charge is -2.07. The molecule has 106 valence electrons. The summed E-state index contributed by atoms with van der Waals surface area (Å²) in [6.45, 7) is 1.60. The number of carbonyl (C=O) groups is 1. The second-order valence-electron chi connectivity index (χ2n) is 4.28. The molecule has 1 aromatic heterocycles. The fraction of sp³-hybridized carbons (Fsp3) is 0.125. The lowest BCUT2D eigenvalue weighted by molar-refractivity contribution is 0.102. The number of rotatable bonds is 2. The molecule has 0 unspecified atom stereocenters. The highest BCUT2D eigenvalue weighted by atomic mass is 35.5. The largest absolute Gasteiger partial charge is 0.384 e. The highest BCUT2D eigenvalue weighted by Crippen LogP contribution is 2.16. The third-order valence-electron chi connectivity index (χ3n) is 2.73. The first kappa shape index (κ1) is 15.0. The number of halogens is 1. The summed E-state index contributed by atoms with van der Waals surface area (Å²) < 4.78 is 0. The molecule has 0 atom stereocenters. The second-order valence-corrected chi connectivity index (χ2v) is 4.72. The molecule has 2 N–H and O–H groups in total. The third kappa shape index (κ3) is 4.06. The Morgan fingerprint density at radius 3 is 2.95 bits per heavy atom. The van der Waals surface area contributed by atoms with Gasteiger partial charge in [0.05, 0.1) is 0 Å². The van der Waals surface area contributed by atoms with Crippen molar-refractivity contribution >= 4 is 23.3 Å². The van der Waals surface area contributed by atoms with Crippen molar-refractivity contribution in [2.75, 3.05) is 11.9 Å². The number of hydrogen-bond donors (Lipinski definition) is 2. The molecule has 21 heavy (non-hydrogen) atoms. The van der Waals surface area contributed by atoms with E-state index in [-0.39, 0.29) is 12.5 Å². The molecule has 0 aliphatic heterocycles. The lowest BCUT2D eigenvalue weighted by Crippen LogP contribution is -2.14. The number of carbonyl (C=O) groups excluding carboxylic acids is 1. The molecule has 0 spiro atoms. The van der Waals surface area contributed by atoms with Crippen LogP contribution in [0.25, 0.3) is 0 Å². The summed E-state index contributed by atoms with van der Waals surface area (Å²) in [6.07, 6.45) is 0. The molecule has 0 bridgehead atoms. The van der Waals surface area contributed by atoms with Gasteiger partial charge >= 0.3 is 0 Å². The minimum Gasteiger partial charge on any atom is -0.384 e. The highest BCUT2D eigenvalue weighted by Gasteiger charge is 2.10. The van der Waals surface area contributed by atoms with Gasteiger partial charge in [-0.2, -0.15) is 0 Å². The number of pyridine rings is 1. The normalized spacial score (nSPS) is 9.67. The van der Waals surface area contributed by atoms with E-state index in [0.29, 0.717) is 22.1 Å². The first-order valence-corrected chi connectivity index (χ1v) is 6.62. The van der Waals surface area contributed by atoms with E-state index >= 15 is 0 Å². The second kappa shape index (κ2) is 6.89. The predicted octanol–water partition coefficient (Wildman–Crippen LogP) is 2.64. The number of nitrogens with one attached hydrogen (secondary N) is 1. The van der Waals surface area contributed by atoms with Crippen LogP contribution in [0.1, 0.15) is 21.6 Å². The molecule has 1 amide bonds. The van der Waals surface area contributed by atoms with Crippen LogP contribution >= 0.6 is 11.6 Å². The topological polar surface area (TPSA) is 62.2 Å². The Hall–Kier alpha value is -2.35. The summed E-state index contributed by atoms with van der Waals surface area (Å²) in [5.74, 6) is 5.30. The molecule has 1 aromatic carbocycles. The van der Waals surface area contributed by atoms with Crippen molar-refractivity contribution in [1.82, 2.24) is 4.98 Å². The predicted molar refractivity (Wildman–Crippen MR) is 82.3 cm³/mol. The molecule has 0 fully saturated rings. The van der Waals surface area contributed by atoms with Crippen LogP contribution in [-0.2, 0) is 0 Å². The SMILES string of the molecule is Cc1ccc(Cl)cc1C(=O)Nc1cccc(C#CCO)n1. The zero-order valence-electron chi connectivity index (χ0n) is 11.4. The van der Waals surface area contributed by atoms with Crippen LogP contribution in [0.2, 0.25) is 5.02 Å². The van der Waals surface area contributed by atoms with Crippen LogP contribution in [0, 0.1) is 18.8 Å². The average Bonchev–Trinajstić information content (AvgIpc) is 2.48. The Morgan fingerprint density at radius 1 is 1.38 bits per heavy atom. The maximum Gasteiger partial charge on any atom is 0.257 e. The summed E-state index contributed by atoms with van der Waals surface area (Å²) >= 11 is 5.91. The molecule has 0 saturated heterocycles. The van der Waals surface area contributed by atoms with Gasteiger partial charge in [0, 0.05) is 10.6 Å². The zero-order chi connectivity index (χ0) is 15.2. The molecule has 0 aliphatic rings. The molecule has 2 rings (SSSR count). The number of benzene rings is 1. The quantitative estimate of drug-likeness (QED) is 0.838. The molecule has 4 nitrogen and oxygen atoms in total. The lowest BCUT2D eigenvalue weighted by atomic mass is 10.1. The molecule has 1 heterocycles. The van der Waals surface area contributed by atoms with Crippen molar-refractivity contribution in [3.63, 3.8) is 0 Å². The van der Waals surface area contributed by atoms with E-state index in [4.69, 9.17) is 16.7 Å². The maximum absolute atomic E-state index is 12.2. The summed E-state index contributed by atoms with van der Waals surface area (Å²) in [5.41, 5.74) is 1.80. The number of aliphatic hydroxyl groups is 1. The molecular formula is C16H13ClN2O2. The standard InChI is InChI=1S/C16H13ClN2O2/c1-11-7-8-12(17)10-14(11)16(21)19-15-6-2-4-13(18-15)5-3-9-20/h2,4,6-8,10,20H,9H2,1H3,(H,18,19,21). The van der Waals surface area contributed by atoms with Crippen molar-refractivity contribution in [3.05, 3.63) is 58.2 Å². The minimum atomic E-state index is -0.283. The molecule has 0 aliphatic carbocycles. The van der Waals surface area contributed by atoms with Crippen molar-refractivity contribution in [1.29, 1.82) is 0 Å². The van der Waals surface area contributed by atoms with Gasteiger partial charge in [-0.1, -0.05) is 29.7 Å². The number of nitrogens with zero attached hydrogens (tertiary/aromatic N) is 1. The van der Waals surface area contributed by atoms with E-state index in [2.05, 4.69) is 22.1 Å². The summed E-state index contributed by atoms with van der Waals surface area (Å²) in [4.78, 5) is 16.4. The van der Waals surface area contributed by atoms with E-state index in [1.165, 1.54) is 0 Å². The minimum absolute atomic E-state index is 0.236. The molecule has 0 radical (unpaired) electrons. The van der Waals surface area contributed by atoms with E-state index in [9.17, 15) is 4.79 Å². The smallest absolute Gasteiger partial charge is 0.257 e. The van der Waals surface area contributed by atoms with Gasteiger partial charge in [-0.3, -0.25) is 4.79 Å².